The Morgan fingerprint density at radius 2 is 1.34 bits per heavy atom. The molecule has 0 amide bonds. The van der Waals surface area contributed by atoms with E-state index in [1.165, 1.54) is 96.3 Å². The summed E-state index contributed by atoms with van der Waals surface area (Å²) >= 11 is 0. The highest BCUT2D eigenvalue weighted by atomic mass is 28.4. The van der Waals surface area contributed by atoms with Crippen LogP contribution in [0, 0.1) is 18.3 Å². The van der Waals surface area contributed by atoms with Crippen molar-refractivity contribution in [3.63, 3.8) is 0 Å². The zero-order valence-corrected chi connectivity index (χ0v) is 25.3. The van der Waals surface area contributed by atoms with E-state index in [4.69, 9.17) is 15.6 Å². The Morgan fingerprint density at radius 1 is 0.886 bits per heavy atom. The van der Waals surface area contributed by atoms with Gasteiger partial charge in [0, 0.05) is 18.9 Å². The quantitative estimate of drug-likeness (QED) is 0.0672. The van der Waals surface area contributed by atoms with Crippen molar-refractivity contribution in [1.29, 1.82) is 0 Å². The van der Waals surface area contributed by atoms with E-state index in [0.717, 1.165) is 12.8 Å². The Bertz CT molecular complexity index is 601. The smallest absolute Gasteiger partial charge is 0.313 e. The maximum Gasteiger partial charge on any atom is 0.313 e. The van der Waals surface area contributed by atoms with Crippen molar-refractivity contribution in [2.24, 2.45) is 5.92 Å². The number of unbranched alkanes of at least 4 members (excludes halogenated alkanes) is 14. The molecule has 0 spiro atoms. The van der Waals surface area contributed by atoms with Crippen LogP contribution in [0.4, 0.5) is 0 Å². The molecule has 0 aromatic heterocycles. The van der Waals surface area contributed by atoms with Crippen LogP contribution < -0.4 is 0 Å². The van der Waals surface area contributed by atoms with Crippen molar-refractivity contribution in [2.45, 2.75) is 174 Å². The molecule has 0 aliphatic carbocycles. The van der Waals surface area contributed by atoms with Gasteiger partial charge in [0.1, 0.15) is 12.0 Å². The Morgan fingerprint density at radius 3 is 1.74 bits per heavy atom. The lowest BCUT2D eigenvalue weighted by Gasteiger charge is -2.42. The second-order valence-corrected chi connectivity index (χ2v) is 17.2. The zero-order chi connectivity index (χ0) is 26.2. The molecule has 3 nitrogen and oxygen atoms in total. The van der Waals surface area contributed by atoms with Crippen molar-refractivity contribution < 1.29 is 14.0 Å². The molecule has 0 aromatic carbocycles. The summed E-state index contributed by atoms with van der Waals surface area (Å²) in [6.45, 7) is 13.8. The van der Waals surface area contributed by atoms with Gasteiger partial charge < -0.3 is 9.16 Å². The molecule has 1 fully saturated rings. The molecule has 0 bridgehead atoms. The minimum Gasteiger partial charge on any atom is -0.461 e. The molecule has 1 heterocycles. The Hall–Kier alpha value is -0.793. The highest BCUT2D eigenvalue weighted by molar-refractivity contribution is 6.74. The van der Waals surface area contributed by atoms with Gasteiger partial charge in [-0.25, -0.2) is 0 Å². The molecule has 35 heavy (non-hydrogen) atoms. The number of ether oxygens (including phenoxy) is 1. The lowest BCUT2D eigenvalue weighted by Crippen LogP contribution is -2.49. The van der Waals surface area contributed by atoms with Crippen molar-refractivity contribution in [3.8, 4) is 12.3 Å². The maximum atomic E-state index is 11.8. The van der Waals surface area contributed by atoms with Gasteiger partial charge in [0.05, 0.1) is 0 Å². The summed E-state index contributed by atoms with van der Waals surface area (Å²) in [5.74, 6) is 2.38. The van der Waals surface area contributed by atoms with Gasteiger partial charge >= 0.3 is 5.97 Å². The molecule has 1 aliphatic rings. The van der Waals surface area contributed by atoms with Gasteiger partial charge in [0.2, 0.25) is 0 Å². The molecular weight excluding hydrogens is 448 g/mol. The van der Waals surface area contributed by atoms with Gasteiger partial charge in [-0.2, -0.15) is 0 Å². The Labute approximate surface area is 220 Å². The summed E-state index contributed by atoms with van der Waals surface area (Å²) < 4.78 is 12.3. The molecule has 204 valence electrons. The Balaban J connectivity index is 2.22. The van der Waals surface area contributed by atoms with Crippen molar-refractivity contribution >= 4 is 14.3 Å². The third kappa shape index (κ3) is 13.4. The lowest BCUT2D eigenvalue weighted by molar-refractivity contribution is -0.186. The lowest BCUT2D eigenvalue weighted by atomic mass is 9.88. The standard InChI is InChI=1S/C31H58O3Si/c1-8-10-11-12-13-14-15-16-17-18-19-20-21-22-23-25-27(34-35(6,7)31(3,4)5)26-29-28(24-9-2)30(32)33-29/h2,27-29H,8,10-26H2,1,3-7H3/t27-,28-,29-/m1/s1. The first-order chi connectivity index (χ1) is 16.6. The predicted octanol–water partition coefficient (Wildman–Crippen LogP) is 9.59. The largest absolute Gasteiger partial charge is 0.461 e. The summed E-state index contributed by atoms with van der Waals surface area (Å²) in [6, 6.07) is 0. The summed E-state index contributed by atoms with van der Waals surface area (Å²) in [5.41, 5.74) is 0. The van der Waals surface area contributed by atoms with Crippen molar-refractivity contribution in [3.05, 3.63) is 0 Å². The average Bonchev–Trinajstić information content (AvgIpc) is 2.78. The van der Waals surface area contributed by atoms with Gasteiger partial charge in [0.15, 0.2) is 8.32 Å². The minimum absolute atomic E-state index is 0.0651. The van der Waals surface area contributed by atoms with Crippen LogP contribution in [0.5, 0.6) is 0 Å². The van der Waals surface area contributed by atoms with Gasteiger partial charge in [-0.15, -0.1) is 12.3 Å². The normalized spacial score (nSPS) is 19.2. The second kappa shape index (κ2) is 17.6. The minimum atomic E-state index is -1.87. The molecule has 1 rings (SSSR count). The van der Waals surface area contributed by atoms with Crippen LogP contribution in [-0.4, -0.2) is 26.5 Å². The van der Waals surface area contributed by atoms with E-state index in [1.54, 1.807) is 0 Å². The third-order valence-electron chi connectivity index (χ3n) is 8.25. The van der Waals surface area contributed by atoms with Gasteiger partial charge in [-0.3, -0.25) is 4.79 Å². The highest BCUT2D eigenvalue weighted by Gasteiger charge is 2.45. The van der Waals surface area contributed by atoms with Crippen LogP contribution in [0.2, 0.25) is 18.1 Å². The number of hydrogen-bond acceptors (Lipinski definition) is 3. The van der Waals surface area contributed by atoms with E-state index in [2.05, 4.69) is 46.7 Å². The van der Waals surface area contributed by atoms with Crippen LogP contribution in [-0.2, 0) is 14.0 Å². The van der Waals surface area contributed by atoms with Crippen LogP contribution in [0.15, 0.2) is 0 Å². The molecule has 0 unspecified atom stereocenters. The van der Waals surface area contributed by atoms with E-state index in [0.29, 0.717) is 6.42 Å². The summed E-state index contributed by atoms with van der Waals surface area (Å²) in [7, 11) is -1.87. The molecular formula is C31H58O3Si. The SMILES string of the molecule is C#CC[C@H]1C(=O)O[C@@H]1C[C@@H](CCCCCCCCCCCCCCCCC)O[Si](C)(C)C(C)(C)C. The topological polar surface area (TPSA) is 35.5 Å². The number of hydrogen-bond donors (Lipinski definition) is 0. The average molecular weight is 507 g/mol. The molecule has 1 saturated heterocycles. The molecule has 4 heteroatoms. The summed E-state index contributed by atoms with van der Waals surface area (Å²) in [5, 5.41) is 0.175. The molecule has 0 radical (unpaired) electrons. The Kier molecular flexibility index (Phi) is 16.2. The number of terminal acetylenes is 1. The first-order valence-electron chi connectivity index (χ1n) is 14.9. The van der Waals surface area contributed by atoms with Crippen LogP contribution in [0.3, 0.4) is 0 Å². The fraction of sp³-hybridized carbons (Fsp3) is 0.903. The molecule has 0 aromatic rings. The van der Waals surface area contributed by atoms with E-state index in [1.807, 2.05) is 0 Å². The first kappa shape index (κ1) is 32.2. The number of esters is 1. The fourth-order valence-corrected chi connectivity index (χ4v) is 6.17. The summed E-state index contributed by atoms with van der Waals surface area (Å²) in [6.07, 6.45) is 28.6. The van der Waals surface area contributed by atoms with E-state index in [-0.39, 0.29) is 29.1 Å². The van der Waals surface area contributed by atoms with Gasteiger partial charge in [0.25, 0.3) is 0 Å². The molecule has 0 saturated carbocycles. The number of rotatable bonds is 21. The second-order valence-electron chi connectivity index (χ2n) is 12.5. The number of carbonyl (C=O) groups excluding carboxylic acids is 1. The van der Waals surface area contributed by atoms with Crippen LogP contribution in [0.25, 0.3) is 0 Å². The van der Waals surface area contributed by atoms with E-state index < -0.39 is 8.32 Å². The summed E-state index contributed by atoms with van der Waals surface area (Å²) in [4.78, 5) is 11.8. The predicted molar refractivity (Wildman–Crippen MR) is 153 cm³/mol. The van der Waals surface area contributed by atoms with Crippen molar-refractivity contribution in [2.75, 3.05) is 0 Å². The van der Waals surface area contributed by atoms with Crippen molar-refractivity contribution in [1.82, 2.24) is 0 Å². The van der Waals surface area contributed by atoms with Gasteiger partial charge in [-0.1, -0.05) is 124 Å². The third-order valence-corrected chi connectivity index (χ3v) is 12.8. The maximum absolute atomic E-state index is 11.8. The highest BCUT2D eigenvalue weighted by Crippen LogP contribution is 2.39. The molecule has 1 aliphatic heterocycles. The number of carbonyl (C=O) groups is 1. The van der Waals surface area contributed by atoms with Crippen LogP contribution in [0.1, 0.15) is 143 Å². The van der Waals surface area contributed by atoms with E-state index in [9.17, 15) is 4.79 Å². The van der Waals surface area contributed by atoms with E-state index >= 15 is 0 Å². The molecule has 3 atom stereocenters. The number of cyclic esters (lactones) is 1. The van der Waals surface area contributed by atoms with Gasteiger partial charge in [-0.05, 0) is 24.6 Å². The zero-order valence-electron chi connectivity index (χ0n) is 24.3. The first-order valence-corrected chi connectivity index (χ1v) is 17.8. The fourth-order valence-electron chi connectivity index (χ4n) is 4.77. The van der Waals surface area contributed by atoms with Crippen LogP contribution >= 0.6 is 0 Å². The monoisotopic (exact) mass is 506 g/mol. The molecule has 0 N–H and O–H groups in total.